The second kappa shape index (κ2) is 5.32. The minimum atomic E-state index is -1.51. The van der Waals surface area contributed by atoms with Gasteiger partial charge < -0.3 is 14.2 Å². The highest BCUT2D eigenvalue weighted by atomic mass is 16.8. The molecule has 0 radical (unpaired) electrons. The molecule has 1 aromatic rings. The highest BCUT2D eigenvalue weighted by molar-refractivity contribution is 6.01. The molecule has 4 unspecified atom stereocenters. The van der Waals surface area contributed by atoms with Crippen LogP contribution in [0.2, 0.25) is 0 Å². The van der Waals surface area contributed by atoms with Gasteiger partial charge in [0.25, 0.3) is 0 Å². The van der Waals surface area contributed by atoms with E-state index in [1.807, 2.05) is 30.3 Å². The number of esters is 2. The molecule has 4 rings (SSSR count). The molecule has 7 heteroatoms. The van der Waals surface area contributed by atoms with E-state index in [0.29, 0.717) is 0 Å². The molecule has 4 atom stereocenters. The summed E-state index contributed by atoms with van der Waals surface area (Å²) in [6, 6.07) is 9.31. The summed E-state index contributed by atoms with van der Waals surface area (Å²) in [7, 11) is 0. The Morgan fingerprint density at radius 1 is 1.22 bits per heavy atom. The number of carbonyl (C=O) groups excluding carboxylic acids is 3. The van der Waals surface area contributed by atoms with Crippen molar-refractivity contribution in [2.45, 2.75) is 57.6 Å². The number of hydrogen-bond acceptors (Lipinski definition) is 6. The molecule has 0 aromatic heterocycles. The lowest BCUT2D eigenvalue weighted by Crippen LogP contribution is -2.70. The Bertz CT molecular complexity index is 840. The fourth-order valence-electron chi connectivity index (χ4n) is 5.55. The van der Waals surface area contributed by atoms with Gasteiger partial charge in [0.05, 0.1) is 6.61 Å². The van der Waals surface area contributed by atoms with Crippen LogP contribution in [0.15, 0.2) is 30.3 Å². The van der Waals surface area contributed by atoms with Crippen LogP contribution < -0.4 is 0 Å². The predicted octanol–water partition coefficient (Wildman–Crippen LogP) is 1.79. The lowest BCUT2D eigenvalue weighted by atomic mass is 9.64. The topological polar surface area (TPSA) is 82.1 Å². The van der Waals surface area contributed by atoms with E-state index in [1.165, 1.54) is 11.8 Å². The van der Waals surface area contributed by atoms with Crippen LogP contribution in [0.5, 0.6) is 0 Å². The first-order valence-corrected chi connectivity index (χ1v) is 9.12. The largest absolute Gasteiger partial charge is 0.465 e. The molecule has 0 saturated carbocycles. The molecule has 0 N–H and O–H groups in total. The Balaban J connectivity index is 1.99. The number of hydrogen-bond donors (Lipinski definition) is 0. The first kappa shape index (κ1) is 18.0. The van der Waals surface area contributed by atoms with Crippen molar-refractivity contribution >= 4 is 17.8 Å². The molecule has 0 aliphatic carbocycles. The average molecular weight is 373 g/mol. The summed E-state index contributed by atoms with van der Waals surface area (Å²) >= 11 is 0. The predicted molar refractivity (Wildman–Crippen MR) is 93.1 cm³/mol. The van der Waals surface area contributed by atoms with Crippen LogP contribution in [-0.4, -0.2) is 46.4 Å². The van der Waals surface area contributed by atoms with Crippen molar-refractivity contribution in [1.82, 2.24) is 4.90 Å². The molecule has 27 heavy (non-hydrogen) atoms. The molecular weight excluding hydrogens is 350 g/mol. The van der Waals surface area contributed by atoms with Gasteiger partial charge in [-0.3, -0.25) is 14.5 Å². The fourth-order valence-corrected chi connectivity index (χ4v) is 5.55. The monoisotopic (exact) mass is 373 g/mol. The SMILES string of the molecule is CCOC(=O)C12CC3(C)OC1(C)OC(=O)C2(Cc1ccccc1)N3C(C)=O. The summed E-state index contributed by atoms with van der Waals surface area (Å²) in [5.74, 6) is -3.02. The van der Waals surface area contributed by atoms with E-state index in [1.54, 1.807) is 20.8 Å². The molecule has 3 fully saturated rings. The summed E-state index contributed by atoms with van der Waals surface area (Å²) in [6.07, 6.45) is 0.299. The zero-order chi connectivity index (χ0) is 19.7. The van der Waals surface area contributed by atoms with Crippen molar-refractivity contribution in [2.24, 2.45) is 5.41 Å². The number of nitrogens with zero attached hydrogens (tertiary/aromatic N) is 1. The summed E-state index contributed by atoms with van der Waals surface area (Å²) in [5.41, 5.74) is -3.24. The number of carbonyl (C=O) groups is 3. The first-order chi connectivity index (χ1) is 12.7. The Hall–Kier alpha value is -2.41. The maximum Gasteiger partial charge on any atom is 0.336 e. The molecular formula is C20H23NO6. The lowest BCUT2D eigenvalue weighted by Gasteiger charge is -2.49. The summed E-state index contributed by atoms with van der Waals surface area (Å²) in [4.78, 5) is 40.6. The molecule has 2 bridgehead atoms. The van der Waals surface area contributed by atoms with Crippen molar-refractivity contribution in [2.75, 3.05) is 6.61 Å². The summed E-state index contributed by atoms with van der Waals surface area (Å²) in [6.45, 7) is 6.56. The molecule has 3 aliphatic heterocycles. The number of amides is 1. The van der Waals surface area contributed by atoms with Gasteiger partial charge in [-0.2, -0.15) is 0 Å². The number of likely N-dealkylation sites (tertiary alicyclic amines) is 1. The Morgan fingerprint density at radius 3 is 2.48 bits per heavy atom. The van der Waals surface area contributed by atoms with Gasteiger partial charge in [0.2, 0.25) is 11.7 Å². The van der Waals surface area contributed by atoms with E-state index in [-0.39, 0.29) is 25.4 Å². The number of fused-ring (bicyclic) bond motifs is 1. The normalized spacial score (nSPS) is 38.8. The molecule has 7 nitrogen and oxygen atoms in total. The van der Waals surface area contributed by atoms with Crippen LogP contribution >= 0.6 is 0 Å². The zero-order valence-electron chi connectivity index (χ0n) is 15.9. The van der Waals surface area contributed by atoms with Gasteiger partial charge in [0, 0.05) is 26.7 Å². The fraction of sp³-hybridized carbons (Fsp3) is 0.550. The Labute approximate surface area is 157 Å². The number of ether oxygens (including phenoxy) is 3. The van der Waals surface area contributed by atoms with Gasteiger partial charge in [-0.1, -0.05) is 30.3 Å². The van der Waals surface area contributed by atoms with Crippen molar-refractivity contribution in [3.8, 4) is 0 Å². The van der Waals surface area contributed by atoms with Gasteiger partial charge in [0.1, 0.15) is 5.72 Å². The quantitative estimate of drug-likeness (QED) is 0.749. The molecule has 1 amide bonds. The van der Waals surface area contributed by atoms with E-state index in [2.05, 4.69) is 0 Å². The van der Waals surface area contributed by atoms with Gasteiger partial charge >= 0.3 is 11.9 Å². The summed E-state index contributed by atoms with van der Waals surface area (Å²) < 4.78 is 17.1. The Kier molecular flexibility index (Phi) is 3.54. The van der Waals surface area contributed by atoms with E-state index in [4.69, 9.17) is 14.2 Å². The second-order valence-corrected chi connectivity index (χ2v) is 7.79. The van der Waals surface area contributed by atoms with Gasteiger partial charge in [-0.25, -0.2) is 4.79 Å². The van der Waals surface area contributed by atoms with Crippen LogP contribution in [-0.2, 0) is 35.0 Å². The molecule has 3 saturated heterocycles. The van der Waals surface area contributed by atoms with Crippen molar-refractivity contribution < 1.29 is 28.6 Å². The lowest BCUT2D eigenvalue weighted by molar-refractivity contribution is -0.286. The van der Waals surface area contributed by atoms with Crippen LogP contribution in [0.1, 0.15) is 39.7 Å². The van der Waals surface area contributed by atoms with Crippen LogP contribution in [0, 0.1) is 5.41 Å². The standard InChI is InChI=1S/C20H23NO6/c1-5-25-15(23)19-12-17(3)21(13(2)22)20(19,11-14-9-7-6-8-10-14)16(24)26-18(19,4)27-17/h6-10H,5,11-12H2,1-4H3. The molecule has 144 valence electrons. The van der Waals surface area contributed by atoms with E-state index < -0.39 is 34.4 Å². The van der Waals surface area contributed by atoms with Crippen molar-refractivity contribution in [1.29, 1.82) is 0 Å². The van der Waals surface area contributed by atoms with E-state index >= 15 is 0 Å². The number of benzene rings is 1. The van der Waals surface area contributed by atoms with Crippen LogP contribution in [0.3, 0.4) is 0 Å². The maximum atomic E-state index is 13.3. The van der Waals surface area contributed by atoms with Crippen LogP contribution in [0.4, 0.5) is 0 Å². The third kappa shape index (κ3) is 1.87. The second-order valence-electron chi connectivity index (χ2n) is 7.79. The van der Waals surface area contributed by atoms with Crippen molar-refractivity contribution in [3.63, 3.8) is 0 Å². The van der Waals surface area contributed by atoms with Crippen molar-refractivity contribution in [3.05, 3.63) is 35.9 Å². The van der Waals surface area contributed by atoms with E-state index in [0.717, 1.165) is 5.56 Å². The Morgan fingerprint density at radius 2 is 1.89 bits per heavy atom. The van der Waals surface area contributed by atoms with Crippen LogP contribution in [0.25, 0.3) is 0 Å². The van der Waals surface area contributed by atoms with Gasteiger partial charge in [-0.15, -0.1) is 0 Å². The number of rotatable bonds is 4. The summed E-state index contributed by atoms with van der Waals surface area (Å²) in [5, 5.41) is 0. The minimum Gasteiger partial charge on any atom is -0.465 e. The van der Waals surface area contributed by atoms with Gasteiger partial charge in [-0.05, 0) is 19.4 Å². The highest BCUT2D eigenvalue weighted by Gasteiger charge is 2.92. The molecule has 0 spiro atoms. The van der Waals surface area contributed by atoms with E-state index in [9.17, 15) is 14.4 Å². The molecule has 1 aromatic carbocycles. The molecule has 3 heterocycles. The maximum absolute atomic E-state index is 13.3. The smallest absolute Gasteiger partial charge is 0.336 e. The third-order valence-corrected chi connectivity index (χ3v) is 6.21. The minimum absolute atomic E-state index is 0.146. The average Bonchev–Trinajstić information content (AvgIpc) is 3.00. The highest BCUT2D eigenvalue weighted by Crippen LogP contribution is 2.72. The zero-order valence-corrected chi connectivity index (χ0v) is 15.9. The first-order valence-electron chi connectivity index (χ1n) is 9.12. The molecule has 3 aliphatic rings. The van der Waals surface area contributed by atoms with Gasteiger partial charge in [0.15, 0.2) is 11.0 Å². The third-order valence-electron chi connectivity index (χ3n) is 6.21.